The first kappa shape index (κ1) is 33.4. The maximum atomic E-state index is 13.6. The molecule has 0 spiro atoms. The van der Waals surface area contributed by atoms with Crippen LogP contribution in [0.4, 0.5) is 4.79 Å². The minimum absolute atomic E-state index is 0.0115. The van der Waals surface area contributed by atoms with Gasteiger partial charge < -0.3 is 10.1 Å². The summed E-state index contributed by atoms with van der Waals surface area (Å²) in [4.78, 5) is 19.7. The predicted octanol–water partition coefficient (Wildman–Crippen LogP) is 4.88. The molecule has 0 fully saturated rings. The topological polar surface area (TPSA) is 168 Å². The van der Waals surface area contributed by atoms with Gasteiger partial charge in [-0.15, -0.1) is 9.25 Å². The minimum Gasteiger partial charge on any atom is -0.497 e. The number of aromatic nitrogens is 4. The van der Waals surface area contributed by atoms with Gasteiger partial charge in [-0.1, -0.05) is 47.5 Å². The number of aromatic amines is 1. The van der Waals surface area contributed by atoms with Crippen LogP contribution in [0.2, 0.25) is 0 Å². The second-order valence-electron chi connectivity index (χ2n) is 11.2. The Hall–Kier alpha value is -5.51. The van der Waals surface area contributed by atoms with Gasteiger partial charge in [-0.2, -0.15) is 13.5 Å². The summed E-state index contributed by atoms with van der Waals surface area (Å²) in [7, 11) is -7.48. The number of urea groups is 1. The molecule has 0 saturated heterocycles. The van der Waals surface area contributed by atoms with Crippen LogP contribution >= 0.6 is 0 Å². The average Bonchev–Trinajstić information content (AvgIpc) is 3.76. The Labute approximate surface area is 283 Å². The predicted molar refractivity (Wildman–Crippen MR) is 184 cm³/mol. The molecule has 0 aliphatic rings. The number of hydrazine groups is 1. The Kier molecular flexibility index (Phi) is 9.23. The molecule has 0 atom stereocenters. The molecule has 0 unspecified atom stereocenters. The highest BCUT2D eigenvalue weighted by atomic mass is 32.2. The Balaban J connectivity index is 1.21. The quantitative estimate of drug-likeness (QED) is 0.161. The molecular formula is C34H33N7O6S2. The molecule has 13 nitrogen and oxygen atoms in total. The maximum absolute atomic E-state index is 13.6. The van der Waals surface area contributed by atoms with Crippen LogP contribution in [0.1, 0.15) is 16.7 Å². The SMILES string of the molecule is COc1ccc2c(c1)nc(-c1ccn[nH]1)n2-c1ccc(CCNC(=O)N(NS(=O)(=O)c2ccc(C)cc2)S(=O)(=O)c2ccc(C)cc2)cc1. The van der Waals surface area contributed by atoms with E-state index in [1.54, 1.807) is 51.4 Å². The summed E-state index contributed by atoms with van der Waals surface area (Å²) in [5.41, 5.74) is 5.58. The molecule has 6 rings (SSSR count). The minimum atomic E-state index is -4.63. The third-order valence-electron chi connectivity index (χ3n) is 7.77. The Bertz CT molecular complexity index is 2320. The molecule has 4 aromatic carbocycles. The van der Waals surface area contributed by atoms with E-state index in [1.165, 1.54) is 24.3 Å². The van der Waals surface area contributed by atoms with Gasteiger partial charge in [-0.3, -0.25) is 9.67 Å². The summed E-state index contributed by atoms with van der Waals surface area (Å²) in [6, 6.07) is 25.4. The van der Waals surface area contributed by atoms with E-state index in [4.69, 9.17) is 9.72 Å². The third kappa shape index (κ3) is 7.04. The Morgan fingerprint density at radius 3 is 2.12 bits per heavy atom. The highest BCUT2D eigenvalue weighted by molar-refractivity contribution is 7.92. The van der Waals surface area contributed by atoms with Crippen molar-refractivity contribution in [3.05, 3.63) is 120 Å². The number of nitrogens with zero attached hydrogens (tertiary/aromatic N) is 4. The van der Waals surface area contributed by atoms with Crippen molar-refractivity contribution in [2.75, 3.05) is 13.7 Å². The van der Waals surface area contributed by atoms with Gasteiger partial charge in [0, 0.05) is 24.5 Å². The van der Waals surface area contributed by atoms with Crippen molar-refractivity contribution < 1.29 is 26.4 Å². The van der Waals surface area contributed by atoms with Crippen LogP contribution in [0.5, 0.6) is 5.75 Å². The van der Waals surface area contributed by atoms with Crippen molar-refractivity contribution in [3.8, 4) is 23.0 Å². The van der Waals surface area contributed by atoms with E-state index in [0.29, 0.717) is 18.0 Å². The van der Waals surface area contributed by atoms with Crippen LogP contribution in [0, 0.1) is 13.8 Å². The van der Waals surface area contributed by atoms with Crippen LogP contribution < -0.4 is 14.9 Å². The molecule has 0 saturated carbocycles. The Morgan fingerprint density at radius 2 is 1.51 bits per heavy atom. The number of methoxy groups -OCH3 is 1. The summed E-state index contributed by atoms with van der Waals surface area (Å²) >= 11 is 0. The number of H-pyrrole nitrogens is 1. The fourth-order valence-electron chi connectivity index (χ4n) is 5.10. The van der Waals surface area contributed by atoms with Gasteiger partial charge in [-0.05, 0) is 80.4 Å². The number of rotatable bonds is 11. The fourth-order valence-corrected chi connectivity index (χ4v) is 7.66. The van der Waals surface area contributed by atoms with Crippen molar-refractivity contribution in [1.82, 2.24) is 34.3 Å². The molecule has 0 aliphatic heterocycles. The molecule has 0 bridgehead atoms. The van der Waals surface area contributed by atoms with Gasteiger partial charge in [0.15, 0.2) is 5.82 Å². The second-order valence-corrected chi connectivity index (χ2v) is 14.7. The van der Waals surface area contributed by atoms with E-state index in [2.05, 4.69) is 15.5 Å². The summed E-state index contributed by atoms with van der Waals surface area (Å²) < 4.78 is 61.1. The van der Waals surface area contributed by atoms with Crippen molar-refractivity contribution in [1.29, 1.82) is 0 Å². The van der Waals surface area contributed by atoms with Gasteiger partial charge in [0.25, 0.3) is 20.0 Å². The number of aryl methyl sites for hydroxylation is 2. The number of hydrogen-bond donors (Lipinski definition) is 3. The lowest BCUT2D eigenvalue weighted by Gasteiger charge is -2.23. The third-order valence-corrected chi connectivity index (χ3v) is 10.8. The molecule has 49 heavy (non-hydrogen) atoms. The summed E-state index contributed by atoms with van der Waals surface area (Å²) in [6.45, 7) is 3.58. The van der Waals surface area contributed by atoms with E-state index in [0.717, 1.165) is 39.1 Å². The number of ether oxygens (including phenoxy) is 1. The van der Waals surface area contributed by atoms with Crippen molar-refractivity contribution in [3.63, 3.8) is 0 Å². The molecule has 252 valence electrons. The monoisotopic (exact) mass is 699 g/mol. The molecule has 3 N–H and O–H groups in total. The number of fused-ring (bicyclic) bond motifs is 1. The number of benzene rings is 4. The Morgan fingerprint density at radius 1 is 0.857 bits per heavy atom. The van der Waals surface area contributed by atoms with E-state index >= 15 is 0 Å². The molecule has 0 aliphatic carbocycles. The molecule has 2 heterocycles. The fraction of sp³-hybridized carbons (Fsp3) is 0.147. The first-order valence-electron chi connectivity index (χ1n) is 15.1. The van der Waals surface area contributed by atoms with E-state index < -0.39 is 26.1 Å². The normalized spacial score (nSPS) is 11.8. The molecule has 15 heteroatoms. The average molecular weight is 700 g/mol. The van der Waals surface area contributed by atoms with Gasteiger partial charge in [0.1, 0.15) is 11.4 Å². The van der Waals surface area contributed by atoms with Crippen molar-refractivity contribution >= 4 is 37.1 Å². The summed E-state index contributed by atoms with van der Waals surface area (Å²) in [5, 5.41) is 9.58. The zero-order chi connectivity index (χ0) is 34.8. The van der Waals surface area contributed by atoms with Crippen molar-refractivity contribution in [2.45, 2.75) is 30.1 Å². The number of hydrogen-bond acceptors (Lipinski definition) is 8. The lowest BCUT2D eigenvalue weighted by atomic mass is 10.1. The number of sulfonamides is 2. The van der Waals surface area contributed by atoms with E-state index in [1.807, 2.05) is 57.9 Å². The van der Waals surface area contributed by atoms with Crippen LogP contribution in [0.15, 0.2) is 113 Å². The lowest BCUT2D eigenvalue weighted by Crippen LogP contribution is -2.53. The number of carbonyl (C=O) groups is 1. The van der Waals surface area contributed by atoms with Crippen LogP contribution in [-0.2, 0) is 26.5 Å². The highest BCUT2D eigenvalue weighted by Gasteiger charge is 2.34. The van der Waals surface area contributed by atoms with E-state index in [-0.39, 0.29) is 20.7 Å². The molecule has 6 aromatic rings. The lowest BCUT2D eigenvalue weighted by molar-refractivity contribution is 0.218. The molecule has 2 aromatic heterocycles. The first-order chi connectivity index (χ1) is 23.5. The largest absolute Gasteiger partial charge is 0.497 e. The van der Waals surface area contributed by atoms with E-state index in [9.17, 15) is 21.6 Å². The van der Waals surface area contributed by atoms with Gasteiger partial charge in [-0.25, -0.2) is 18.2 Å². The standard InChI is InChI=1S/C34H33N7O6S2/c1-23-4-13-28(14-5-23)48(43,44)39-41(49(45,46)29-15-6-24(2)7-16-29)34(42)35-20-18-25-8-10-26(11-9-25)40-32-17-12-27(47-3)22-31(32)37-33(40)30-19-21-36-38-30/h4-17,19,21-22,39H,18,20H2,1-3H3,(H,35,42)(H,36,38). The summed E-state index contributed by atoms with van der Waals surface area (Å²) in [5.74, 6) is 1.34. The maximum Gasteiger partial charge on any atom is 0.347 e. The van der Waals surface area contributed by atoms with Gasteiger partial charge in [0.2, 0.25) is 0 Å². The molecule has 2 amide bonds. The number of carbonyl (C=O) groups excluding carboxylic acids is 1. The molecule has 0 radical (unpaired) electrons. The smallest absolute Gasteiger partial charge is 0.347 e. The number of nitrogens with one attached hydrogen (secondary N) is 3. The van der Waals surface area contributed by atoms with Crippen LogP contribution in [0.3, 0.4) is 0 Å². The number of imidazole rings is 1. The zero-order valence-corrected chi connectivity index (χ0v) is 28.4. The first-order valence-corrected chi connectivity index (χ1v) is 18.0. The number of amides is 2. The van der Waals surface area contributed by atoms with Crippen LogP contribution in [-0.4, -0.2) is 60.7 Å². The zero-order valence-electron chi connectivity index (χ0n) is 26.8. The molecular weight excluding hydrogens is 667 g/mol. The van der Waals surface area contributed by atoms with Gasteiger partial charge in [0.05, 0.1) is 27.9 Å². The van der Waals surface area contributed by atoms with Crippen molar-refractivity contribution in [2.24, 2.45) is 0 Å². The van der Waals surface area contributed by atoms with Crippen LogP contribution in [0.25, 0.3) is 28.2 Å². The van der Waals surface area contributed by atoms with Gasteiger partial charge >= 0.3 is 6.03 Å². The summed E-state index contributed by atoms with van der Waals surface area (Å²) in [6.07, 6.45) is 1.97. The second kappa shape index (κ2) is 13.5. The highest BCUT2D eigenvalue weighted by Crippen LogP contribution is 2.30.